The van der Waals surface area contributed by atoms with Crippen LogP contribution >= 0.6 is 0 Å². The molecule has 0 spiro atoms. The van der Waals surface area contributed by atoms with Crippen LogP contribution in [0.5, 0.6) is 5.75 Å². The van der Waals surface area contributed by atoms with Crippen molar-refractivity contribution in [2.24, 2.45) is 0 Å². The minimum Gasteiger partial charge on any atom is -0.487 e. The third-order valence-corrected chi connectivity index (χ3v) is 6.05. The zero-order valence-corrected chi connectivity index (χ0v) is 14.8. The molecule has 132 valence electrons. The van der Waals surface area contributed by atoms with Gasteiger partial charge in [0.2, 0.25) is 15.9 Å². The Morgan fingerprint density at radius 2 is 2.00 bits per heavy atom. The Bertz CT molecular complexity index is 720. The van der Waals surface area contributed by atoms with Gasteiger partial charge in [0.05, 0.1) is 12.6 Å². The van der Waals surface area contributed by atoms with Crippen LogP contribution in [0, 0.1) is 0 Å². The first-order valence-corrected chi connectivity index (χ1v) is 9.55. The fourth-order valence-electron chi connectivity index (χ4n) is 3.09. The third-order valence-electron chi connectivity index (χ3n) is 4.52. The first-order chi connectivity index (χ1) is 11.4. The number of nitrogens with zero attached hydrogens (tertiary/aromatic N) is 2. The van der Waals surface area contributed by atoms with Crippen LogP contribution in [-0.4, -0.2) is 70.0 Å². The lowest BCUT2D eigenvalue weighted by atomic mass is 10.1. The van der Waals surface area contributed by atoms with E-state index in [0.29, 0.717) is 38.2 Å². The van der Waals surface area contributed by atoms with Crippen LogP contribution in [-0.2, 0) is 14.8 Å². The highest BCUT2D eigenvalue weighted by Crippen LogP contribution is 2.30. The van der Waals surface area contributed by atoms with Gasteiger partial charge in [-0.1, -0.05) is 12.1 Å². The molecule has 2 aliphatic heterocycles. The molecule has 0 radical (unpaired) electrons. The quantitative estimate of drug-likeness (QED) is 0.826. The number of carbonyl (C=O) groups is 1. The van der Waals surface area contributed by atoms with Crippen molar-refractivity contribution in [3.63, 3.8) is 0 Å². The standard InChI is InChI=1S/C16H23N3O4S/c1-18(2)16(20)11-19-9-7-12-13(8-10-19)23-14-5-3-4-6-15(14)24(21,22)17-12/h3-6,12-13,17H,7-11H2,1-2H3/t12-,13-/m0/s1. The summed E-state index contributed by atoms with van der Waals surface area (Å²) in [6.45, 7) is 1.70. The van der Waals surface area contributed by atoms with Crippen molar-refractivity contribution in [3.8, 4) is 5.75 Å². The summed E-state index contributed by atoms with van der Waals surface area (Å²) in [5, 5.41) is 0. The van der Waals surface area contributed by atoms with E-state index < -0.39 is 10.0 Å². The number of sulfonamides is 1. The van der Waals surface area contributed by atoms with Gasteiger partial charge in [-0.3, -0.25) is 9.69 Å². The van der Waals surface area contributed by atoms with E-state index in [2.05, 4.69) is 9.62 Å². The van der Waals surface area contributed by atoms with Crippen molar-refractivity contribution < 1.29 is 17.9 Å². The SMILES string of the molecule is CN(C)C(=O)CN1CC[C@@H]2NS(=O)(=O)c3ccccc3O[C@H]2CC1. The van der Waals surface area contributed by atoms with Crippen molar-refractivity contribution in [1.82, 2.24) is 14.5 Å². The molecule has 0 aliphatic carbocycles. The zero-order chi connectivity index (χ0) is 17.3. The molecule has 1 N–H and O–H groups in total. The molecule has 0 unspecified atom stereocenters. The van der Waals surface area contributed by atoms with Crippen LogP contribution in [0.15, 0.2) is 29.2 Å². The molecule has 1 aromatic carbocycles. The van der Waals surface area contributed by atoms with E-state index in [4.69, 9.17) is 4.74 Å². The number of amides is 1. The van der Waals surface area contributed by atoms with Crippen LogP contribution in [0.3, 0.4) is 0 Å². The van der Waals surface area contributed by atoms with E-state index in [1.165, 1.54) is 0 Å². The second kappa shape index (κ2) is 6.70. The summed E-state index contributed by atoms with van der Waals surface area (Å²) in [6.07, 6.45) is 1.05. The molecule has 0 bridgehead atoms. The summed E-state index contributed by atoms with van der Waals surface area (Å²) in [7, 11) is -0.119. The van der Waals surface area contributed by atoms with E-state index in [-0.39, 0.29) is 22.9 Å². The lowest BCUT2D eigenvalue weighted by Crippen LogP contribution is -2.43. The van der Waals surface area contributed by atoms with E-state index in [1.807, 2.05) is 0 Å². The second-order valence-electron chi connectivity index (χ2n) is 6.47. The summed E-state index contributed by atoms with van der Waals surface area (Å²) in [6, 6.07) is 6.42. The fourth-order valence-corrected chi connectivity index (χ4v) is 4.53. The molecule has 0 saturated carbocycles. The molecule has 24 heavy (non-hydrogen) atoms. The van der Waals surface area contributed by atoms with Gasteiger partial charge in [0.1, 0.15) is 16.7 Å². The molecule has 2 atom stereocenters. The highest BCUT2D eigenvalue weighted by atomic mass is 32.2. The number of ether oxygens (including phenoxy) is 1. The molecular weight excluding hydrogens is 330 g/mol. The average molecular weight is 353 g/mol. The number of carbonyl (C=O) groups excluding carboxylic acids is 1. The summed E-state index contributed by atoms with van der Waals surface area (Å²) in [5.74, 6) is 0.444. The Balaban J connectivity index is 1.78. The predicted molar refractivity (Wildman–Crippen MR) is 89.3 cm³/mol. The Labute approximate surface area is 142 Å². The average Bonchev–Trinajstić information content (AvgIpc) is 2.76. The molecular formula is C16H23N3O4S. The van der Waals surface area contributed by atoms with E-state index in [0.717, 1.165) is 0 Å². The first kappa shape index (κ1) is 17.2. The van der Waals surface area contributed by atoms with E-state index >= 15 is 0 Å². The maximum Gasteiger partial charge on any atom is 0.244 e. The molecule has 1 fully saturated rings. The minimum absolute atomic E-state index is 0.0453. The Hall–Kier alpha value is -1.64. The number of hydrogen-bond acceptors (Lipinski definition) is 5. The second-order valence-corrected chi connectivity index (χ2v) is 8.15. The number of fused-ring (bicyclic) bond motifs is 2. The van der Waals surface area contributed by atoms with Gasteiger partial charge < -0.3 is 9.64 Å². The molecule has 3 rings (SSSR count). The topological polar surface area (TPSA) is 79.0 Å². The van der Waals surface area contributed by atoms with Gasteiger partial charge in [-0.15, -0.1) is 0 Å². The van der Waals surface area contributed by atoms with Gasteiger partial charge in [-0.25, -0.2) is 13.1 Å². The minimum atomic E-state index is -3.59. The highest BCUT2D eigenvalue weighted by Gasteiger charge is 2.36. The van der Waals surface area contributed by atoms with Crippen molar-refractivity contribution in [3.05, 3.63) is 24.3 Å². The lowest BCUT2D eigenvalue weighted by Gasteiger charge is -2.22. The number of benzene rings is 1. The van der Waals surface area contributed by atoms with Crippen LogP contribution in [0.25, 0.3) is 0 Å². The number of nitrogens with one attached hydrogen (secondary N) is 1. The van der Waals surface area contributed by atoms with Gasteiger partial charge in [0.15, 0.2) is 0 Å². The van der Waals surface area contributed by atoms with Crippen molar-refractivity contribution in [1.29, 1.82) is 0 Å². The van der Waals surface area contributed by atoms with Crippen LogP contribution < -0.4 is 9.46 Å². The normalized spacial score (nSPS) is 26.2. The number of likely N-dealkylation sites (tertiary alicyclic amines) is 1. The lowest BCUT2D eigenvalue weighted by molar-refractivity contribution is -0.129. The molecule has 2 aliphatic rings. The van der Waals surface area contributed by atoms with Crippen LogP contribution in [0.4, 0.5) is 0 Å². The van der Waals surface area contributed by atoms with Gasteiger partial charge in [0, 0.05) is 27.2 Å². The molecule has 0 aromatic heterocycles. The monoisotopic (exact) mass is 353 g/mol. The van der Waals surface area contributed by atoms with Crippen LogP contribution in [0.1, 0.15) is 12.8 Å². The van der Waals surface area contributed by atoms with Crippen molar-refractivity contribution in [2.75, 3.05) is 33.7 Å². The Morgan fingerprint density at radius 3 is 2.75 bits per heavy atom. The maximum absolute atomic E-state index is 12.5. The van der Waals surface area contributed by atoms with E-state index in [9.17, 15) is 13.2 Å². The van der Waals surface area contributed by atoms with Crippen LogP contribution in [0.2, 0.25) is 0 Å². The van der Waals surface area contributed by atoms with Gasteiger partial charge in [-0.05, 0) is 25.0 Å². The van der Waals surface area contributed by atoms with Crippen molar-refractivity contribution >= 4 is 15.9 Å². The Kier molecular flexibility index (Phi) is 4.80. The molecule has 1 saturated heterocycles. The molecule has 8 heteroatoms. The summed E-state index contributed by atoms with van der Waals surface area (Å²) in [4.78, 5) is 15.7. The molecule has 1 amide bonds. The fraction of sp³-hybridized carbons (Fsp3) is 0.562. The highest BCUT2D eigenvalue weighted by molar-refractivity contribution is 7.89. The smallest absolute Gasteiger partial charge is 0.244 e. The summed E-state index contributed by atoms with van der Waals surface area (Å²) < 4.78 is 33.9. The number of para-hydroxylation sites is 1. The van der Waals surface area contributed by atoms with Gasteiger partial charge in [0.25, 0.3) is 0 Å². The van der Waals surface area contributed by atoms with Gasteiger partial charge >= 0.3 is 0 Å². The molecule has 1 aromatic rings. The molecule has 2 heterocycles. The van der Waals surface area contributed by atoms with E-state index in [1.54, 1.807) is 43.3 Å². The number of hydrogen-bond donors (Lipinski definition) is 1. The first-order valence-electron chi connectivity index (χ1n) is 8.07. The predicted octanol–water partition coefficient (Wildman–Crippen LogP) is 0.279. The number of rotatable bonds is 2. The summed E-state index contributed by atoms with van der Waals surface area (Å²) >= 11 is 0. The number of likely N-dealkylation sites (N-methyl/N-ethyl adjacent to an activating group) is 1. The summed E-state index contributed by atoms with van der Waals surface area (Å²) in [5.41, 5.74) is 0. The largest absolute Gasteiger partial charge is 0.487 e. The third kappa shape index (κ3) is 3.55. The van der Waals surface area contributed by atoms with Crippen molar-refractivity contribution in [2.45, 2.75) is 29.9 Å². The Morgan fingerprint density at radius 1 is 1.29 bits per heavy atom. The maximum atomic E-state index is 12.5. The zero-order valence-electron chi connectivity index (χ0n) is 13.9. The van der Waals surface area contributed by atoms with Gasteiger partial charge in [-0.2, -0.15) is 0 Å². The molecule has 7 nitrogen and oxygen atoms in total.